The fourth-order valence-corrected chi connectivity index (χ4v) is 2.07. The van der Waals surface area contributed by atoms with Crippen molar-refractivity contribution in [2.45, 2.75) is 0 Å². The van der Waals surface area contributed by atoms with Crippen LogP contribution in [0.5, 0.6) is 5.75 Å². The molecule has 0 N–H and O–H groups in total. The number of hydrogen-bond acceptors (Lipinski definition) is 3. The van der Waals surface area contributed by atoms with Gasteiger partial charge in [-0.25, -0.2) is 4.68 Å². The fourth-order valence-electron chi connectivity index (χ4n) is 2.07. The van der Waals surface area contributed by atoms with Gasteiger partial charge in [0.05, 0.1) is 30.1 Å². The molecule has 0 spiro atoms. The van der Waals surface area contributed by atoms with Gasteiger partial charge in [-0.3, -0.25) is 0 Å². The third-order valence-corrected chi connectivity index (χ3v) is 3.24. The lowest BCUT2D eigenvalue weighted by Gasteiger charge is -2.02. The largest absolute Gasteiger partial charge is 0.497 e. The molecule has 3 rings (SSSR count). The zero-order valence-corrected chi connectivity index (χ0v) is 11.5. The van der Waals surface area contributed by atoms with Crippen LogP contribution in [0, 0.1) is 11.3 Å². The van der Waals surface area contributed by atoms with Crippen molar-refractivity contribution in [2.75, 3.05) is 7.11 Å². The molecule has 0 bridgehead atoms. The van der Waals surface area contributed by atoms with E-state index in [4.69, 9.17) is 10.00 Å². The fraction of sp³-hybridized carbons (Fsp3) is 0.0588. The number of benzene rings is 2. The lowest BCUT2D eigenvalue weighted by Crippen LogP contribution is -1.94. The number of hydrogen-bond donors (Lipinski definition) is 0. The van der Waals surface area contributed by atoms with Gasteiger partial charge in [-0.05, 0) is 54.6 Å². The maximum atomic E-state index is 8.81. The first-order valence-corrected chi connectivity index (χ1v) is 6.51. The zero-order valence-electron chi connectivity index (χ0n) is 11.5. The van der Waals surface area contributed by atoms with Crippen LogP contribution >= 0.6 is 0 Å². The zero-order chi connectivity index (χ0) is 14.7. The van der Waals surface area contributed by atoms with E-state index >= 15 is 0 Å². The Kier molecular flexibility index (Phi) is 3.40. The molecule has 4 heteroatoms. The van der Waals surface area contributed by atoms with Gasteiger partial charge in [-0.2, -0.15) is 10.4 Å². The van der Waals surface area contributed by atoms with Crippen LogP contribution in [-0.4, -0.2) is 16.9 Å². The molecule has 0 radical (unpaired) electrons. The van der Waals surface area contributed by atoms with Gasteiger partial charge < -0.3 is 4.74 Å². The number of nitriles is 1. The third-order valence-electron chi connectivity index (χ3n) is 3.24. The normalized spacial score (nSPS) is 10.1. The summed E-state index contributed by atoms with van der Waals surface area (Å²) < 4.78 is 6.94. The molecule has 0 saturated carbocycles. The predicted octanol–water partition coefficient (Wildman–Crippen LogP) is 3.42. The lowest BCUT2D eigenvalue weighted by atomic mass is 10.1. The van der Waals surface area contributed by atoms with Crippen LogP contribution in [0.4, 0.5) is 0 Å². The van der Waals surface area contributed by atoms with Crippen LogP contribution in [0.25, 0.3) is 16.9 Å². The summed E-state index contributed by atoms with van der Waals surface area (Å²) in [6.45, 7) is 0. The molecule has 1 aromatic heterocycles. The summed E-state index contributed by atoms with van der Waals surface area (Å²) in [7, 11) is 1.65. The van der Waals surface area contributed by atoms with Crippen LogP contribution in [-0.2, 0) is 0 Å². The Hall–Kier alpha value is -3.06. The Morgan fingerprint density at radius 3 is 2.33 bits per heavy atom. The number of ether oxygens (including phenoxy) is 1. The highest BCUT2D eigenvalue weighted by Crippen LogP contribution is 2.21. The molecule has 4 nitrogen and oxygen atoms in total. The molecular weight excluding hydrogens is 262 g/mol. The standard InChI is InChI=1S/C17H13N3O/c1-21-16-8-4-14(5-9-16)17-10-11-20(19-17)15-6-2-13(12-18)3-7-15/h2-11H,1H3. The van der Waals surface area contributed by atoms with Gasteiger partial charge in [-0.15, -0.1) is 0 Å². The van der Waals surface area contributed by atoms with E-state index in [1.807, 2.05) is 48.7 Å². The molecule has 3 aromatic rings. The lowest BCUT2D eigenvalue weighted by molar-refractivity contribution is 0.415. The van der Waals surface area contributed by atoms with Crippen molar-refractivity contribution >= 4 is 0 Å². The molecule has 0 aliphatic rings. The Bertz CT molecular complexity index is 780. The smallest absolute Gasteiger partial charge is 0.118 e. The van der Waals surface area contributed by atoms with Crippen molar-refractivity contribution in [3.05, 3.63) is 66.4 Å². The van der Waals surface area contributed by atoms with Gasteiger partial charge in [0.1, 0.15) is 5.75 Å². The highest BCUT2D eigenvalue weighted by Gasteiger charge is 2.04. The van der Waals surface area contributed by atoms with Gasteiger partial charge in [0, 0.05) is 11.8 Å². The van der Waals surface area contributed by atoms with Gasteiger partial charge >= 0.3 is 0 Å². The van der Waals surface area contributed by atoms with E-state index in [-0.39, 0.29) is 0 Å². The molecule has 0 fully saturated rings. The number of nitrogens with zero attached hydrogens (tertiary/aromatic N) is 3. The number of aromatic nitrogens is 2. The molecule has 0 aliphatic heterocycles. The summed E-state index contributed by atoms with van der Waals surface area (Å²) in [5, 5.41) is 13.4. The van der Waals surface area contributed by atoms with E-state index in [1.54, 1.807) is 23.9 Å². The molecule has 21 heavy (non-hydrogen) atoms. The summed E-state index contributed by atoms with van der Waals surface area (Å²) in [4.78, 5) is 0. The second-order valence-electron chi connectivity index (χ2n) is 4.53. The molecule has 1 heterocycles. The summed E-state index contributed by atoms with van der Waals surface area (Å²) in [6.07, 6.45) is 1.90. The minimum atomic E-state index is 0.640. The van der Waals surface area contributed by atoms with E-state index in [0.717, 1.165) is 22.7 Å². The van der Waals surface area contributed by atoms with Crippen LogP contribution in [0.3, 0.4) is 0 Å². The van der Waals surface area contributed by atoms with Crippen LogP contribution in [0.1, 0.15) is 5.56 Å². The van der Waals surface area contributed by atoms with Crippen LogP contribution < -0.4 is 4.74 Å². The molecule has 0 atom stereocenters. The van der Waals surface area contributed by atoms with E-state index in [0.29, 0.717) is 5.56 Å². The molecule has 0 amide bonds. The van der Waals surface area contributed by atoms with Crippen molar-refractivity contribution in [1.29, 1.82) is 5.26 Å². The summed E-state index contributed by atoms with van der Waals surface area (Å²) in [5.74, 6) is 0.824. The predicted molar refractivity (Wildman–Crippen MR) is 80.3 cm³/mol. The molecule has 0 saturated heterocycles. The summed E-state index contributed by atoms with van der Waals surface area (Å²) in [5.41, 5.74) is 3.49. The highest BCUT2D eigenvalue weighted by molar-refractivity contribution is 5.60. The SMILES string of the molecule is COc1ccc(-c2ccn(-c3ccc(C#N)cc3)n2)cc1. The minimum absolute atomic E-state index is 0.640. The summed E-state index contributed by atoms with van der Waals surface area (Å²) in [6, 6.07) is 19.2. The Labute approximate surface area is 122 Å². The highest BCUT2D eigenvalue weighted by atomic mass is 16.5. The monoisotopic (exact) mass is 275 g/mol. The quantitative estimate of drug-likeness (QED) is 0.736. The van der Waals surface area contributed by atoms with Crippen LogP contribution in [0.2, 0.25) is 0 Å². The molecular formula is C17H13N3O. The van der Waals surface area contributed by atoms with E-state index < -0.39 is 0 Å². The Morgan fingerprint density at radius 2 is 1.71 bits per heavy atom. The average Bonchev–Trinajstić information content (AvgIpc) is 3.05. The topological polar surface area (TPSA) is 50.8 Å². The van der Waals surface area contributed by atoms with Crippen molar-refractivity contribution in [1.82, 2.24) is 9.78 Å². The summed E-state index contributed by atoms with van der Waals surface area (Å²) >= 11 is 0. The van der Waals surface area contributed by atoms with Gasteiger partial charge in [0.2, 0.25) is 0 Å². The molecule has 0 unspecified atom stereocenters. The number of rotatable bonds is 3. The number of methoxy groups -OCH3 is 1. The molecule has 102 valence electrons. The average molecular weight is 275 g/mol. The van der Waals surface area contributed by atoms with Crippen molar-refractivity contribution < 1.29 is 4.74 Å². The minimum Gasteiger partial charge on any atom is -0.497 e. The first kappa shape index (κ1) is 12.9. The Morgan fingerprint density at radius 1 is 1.00 bits per heavy atom. The Balaban J connectivity index is 1.89. The van der Waals surface area contributed by atoms with Gasteiger partial charge in [0.25, 0.3) is 0 Å². The second kappa shape index (κ2) is 5.51. The molecule has 2 aromatic carbocycles. The molecule has 0 aliphatic carbocycles. The van der Waals surface area contributed by atoms with Gasteiger partial charge in [-0.1, -0.05) is 0 Å². The van der Waals surface area contributed by atoms with Gasteiger partial charge in [0.15, 0.2) is 0 Å². The maximum Gasteiger partial charge on any atom is 0.118 e. The van der Waals surface area contributed by atoms with Crippen molar-refractivity contribution in [3.8, 4) is 28.8 Å². The van der Waals surface area contributed by atoms with E-state index in [9.17, 15) is 0 Å². The van der Waals surface area contributed by atoms with Crippen molar-refractivity contribution in [2.24, 2.45) is 0 Å². The van der Waals surface area contributed by atoms with Crippen molar-refractivity contribution in [3.63, 3.8) is 0 Å². The first-order valence-electron chi connectivity index (χ1n) is 6.51. The van der Waals surface area contributed by atoms with E-state index in [2.05, 4.69) is 11.2 Å². The first-order chi connectivity index (χ1) is 10.3. The van der Waals surface area contributed by atoms with E-state index in [1.165, 1.54) is 0 Å². The maximum absolute atomic E-state index is 8.81. The second-order valence-corrected chi connectivity index (χ2v) is 4.53. The van der Waals surface area contributed by atoms with Crippen LogP contribution in [0.15, 0.2) is 60.8 Å². The third kappa shape index (κ3) is 2.63.